The van der Waals surface area contributed by atoms with E-state index in [0.29, 0.717) is 19.7 Å². The van der Waals surface area contributed by atoms with Crippen LogP contribution in [0.3, 0.4) is 0 Å². The van der Waals surface area contributed by atoms with Gasteiger partial charge < -0.3 is 4.74 Å². The van der Waals surface area contributed by atoms with E-state index in [-0.39, 0.29) is 6.54 Å². The van der Waals surface area contributed by atoms with Crippen LogP contribution in [0.25, 0.3) is 0 Å². The normalized spacial score (nSPS) is 17.6. The van der Waals surface area contributed by atoms with Crippen LogP contribution in [0.4, 0.5) is 0 Å². The first-order chi connectivity index (χ1) is 9.68. The Morgan fingerprint density at radius 3 is 2.35 bits per heavy atom. The minimum atomic E-state index is -3.36. The highest BCUT2D eigenvalue weighted by atomic mass is 32.2. The van der Waals surface area contributed by atoms with Crippen LogP contribution < -0.4 is 9.46 Å². The summed E-state index contributed by atoms with van der Waals surface area (Å²) in [5, 5.41) is 0. The molecule has 1 heterocycles. The van der Waals surface area contributed by atoms with Gasteiger partial charge in [0.2, 0.25) is 0 Å². The Morgan fingerprint density at radius 2 is 1.70 bits per heavy atom. The summed E-state index contributed by atoms with van der Waals surface area (Å²) in [4.78, 5) is 0. The average molecular weight is 298 g/mol. The standard InChI is InChI=1S/C14H22N2O3S/c17-20(18,16-11-6-1-2-7-12-16)15-10-13-19-14-8-4-3-5-9-14/h3-5,8-9,15H,1-2,6-7,10-13H2. The van der Waals surface area contributed by atoms with Gasteiger partial charge in [0.05, 0.1) is 0 Å². The molecule has 6 heteroatoms. The fraction of sp³-hybridized carbons (Fsp3) is 0.571. The van der Waals surface area contributed by atoms with Crippen molar-refractivity contribution in [2.45, 2.75) is 25.7 Å². The molecule has 5 nitrogen and oxygen atoms in total. The zero-order valence-corrected chi connectivity index (χ0v) is 12.4. The number of rotatable bonds is 6. The molecule has 1 N–H and O–H groups in total. The lowest BCUT2D eigenvalue weighted by atomic mass is 10.2. The van der Waals surface area contributed by atoms with Gasteiger partial charge in [-0.15, -0.1) is 0 Å². The minimum absolute atomic E-state index is 0.285. The molecule has 0 radical (unpaired) electrons. The molecule has 112 valence electrons. The zero-order valence-electron chi connectivity index (χ0n) is 11.6. The number of benzene rings is 1. The highest BCUT2D eigenvalue weighted by Gasteiger charge is 2.21. The number of ether oxygens (including phenoxy) is 1. The number of nitrogens with zero attached hydrogens (tertiary/aromatic N) is 1. The fourth-order valence-electron chi connectivity index (χ4n) is 2.23. The molecular formula is C14H22N2O3S. The predicted molar refractivity (Wildman–Crippen MR) is 78.9 cm³/mol. The summed E-state index contributed by atoms with van der Waals surface area (Å²) in [6.45, 7) is 1.86. The molecule has 2 rings (SSSR count). The first-order valence-electron chi connectivity index (χ1n) is 7.11. The molecule has 0 aromatic heterocycles. The van der Waals surface area contributed by atoms with E-state index < -0.39 is 10.2 Å². The molecular weight excluding hydrogens is 276 g/mol. The first kappa shape index (κ1) is 15.3. The minimum Gasteiger partial charge on any atom is -0.492 e. The maximum atomic E-state index is 12.1. The molecule has 20 heavy (non-hydrogen) atoms. The first-order valence-corrected chi connectivity index (χ1v) is 8.55. The quantitative estimate of drug-likeness (QED) is 0.814. The average Bonchev–Trinajstić information content (AvgIpc) is 2.74. The number of hydrogen-bond acceptors (Lipinski definition) is 3. The summed E-state index contributed by atoms with van der Waals surface area (Å²) >= 11 is 0. The van der Waals surface area contributed by atoms with Gasteiger partial charge in [0, 0.05) is 19.6 Å². The second-order valence-corrected chi connectivity index (χ2v) is 6.63. The molecule has 0 amide bonds. The van der Waals surface area contributed by atoms with Crippen LogP contribution in [0.15, 0.2) is 30.3 Å². The van der Waals surface area contributed by atoms with Crippen molar-refractivity contribution in [2.75, 3.05) is 26.2 Å². The molecule has 0 spiro atoms. The van der Waals surface area contributed by atoms with Gasteiger partial charge in [-0.1, -0.05) is 31.0 Å². The third-order valence-electron chi connectivity index (χ3n) is 3.30. The van der Waals surface area contributed by atoms with Crippen molar-refractivity contribution in [3.8, 4) is 5.75 Å². The van der Waals surface area contributed by atoms with E-state index in [0.717, 1.165) is 31.4 Å². The van der Waals surface area contributed by atoms with E-state index in [1.54, 1.807) is 4.31 Å². The molecule has 1 aromatic rings. The SMILES string of the molecule is O=S(=O)(NCCOc1ccccc1)N1CCCCCC1. The van der Waals surface area contributed by atoms with Crippen molar-refractivity contribution >= 4 is 10.2 Å². The lowest BCUT2D eigenvalue weighted by Crippen LogP contribution is -2.42. The molecule has 1 fully saturated rings. The van der Waals surface area contributed by atoms with E-state index in [9.17, 15) is 8.42 Å². The van der Waals surface area contributed by atoms with Crippen molar-refractivity contribution in [2.24, 2.45) is 0 Å². The second-order valence-electron chi connectivity index (χ2n) is 4.87. The third kappa shape index (κ3) is 4.77. The Bertz CT molecular complexity index is 482. The van der Waals surface area contributed by atoms with Crippen LogP contribution in [0.1, 0.15) is 25.7 Å². The second kappa shape index (κ2) is 7.61. The van der Waals surface area contributed by atoms with Crippen molar-refractivity contribution in [1.29, 1.82) is 0 Å². The van der Waals surface area contributed by atoms with E-state index >= 15 is 0 Å². The topological polar surface area (TPSA) is 58.6 Å². The molecule has 1 aromatic carbocycles. The number of nitrogens with one attached hydrogen (secondary N) is 1. The summed E-state index contributed by atoms with van der Waals surface area (Å²) < 4.78 is 33.8. The van der Waals surface area contributed by atoms with Gasteiger partial charge in [0.1, 0.15) is 12.4 Å². The maximum absolute atomic E-state index is 12.1. The molecule has 0 atom stereocenters. The van der Waals surface area contributed by atoms with Gasteiger partial charge in [-0.2, -0.15) is 17.4 Å². The highest BCUT2D eigenvalue weighted by molar-refractivity contribution is 7.87. The van der Waals surface area contributed by atoms with Gasteiger partial charge in [0.25, 0.3) is 10.2 Å². The summed E-state index contributed by atoms with van der Waals surface area (Å²) in [6.07, 6.45) is 4.12. The number of para-hydroxylation sites is 1. The molecule has 0 bridgehead atoms. The Morgan fingerprint density at radius 1 is 1.05 bits per heavy atom. The van der Waals surface area contributed by atoms with E-state index in [2.05, 4.69) is 4.72 Å². The molecule has 0 aliphatic carbocycles. The summed E-state index contributed by atoms with van der Waals surface area (Å²) in [5.74, 6) is 0.751. The smallest absolute Gasteiger partial charge is 0.279 e. The van der Waals surface area contributed by atoms with E-state index in [1.165, 1.54) is 0 Å². The zero-order chi connectivity index (χ0) is 14.3. The lowest BCUT2D eigenvalue weighted by Gasteiger charge is -2.20. The van der Waals surface area contributed by atoms with Crippen molar-refractivity contribution in [3.05, 3.63) is 30.3 Å². The van der Waals surface area contributed by atoms with E-state index in [1.807, 2.05) is 30.3 Å². The Balaban J connectivity index is 1.74. The predicted octanol–water partition coefficient (Wildman–Crippen LogP) is 1.78. The van der Waals surface area contributed by atoms with Crippen LogP contribution in [-0.4, -0.2) is 39.0 Å². The highest BCUT2D eigenvalue weighted by Crippen LogP contribution is 2.12. The van der Waals surface area contributed by atoms with Gasteiger partial charge in [-0.05, 0) is 25.0 Å². The van der Waals surface area contributed by atoms with Crippen LogP contribution >= 0.6 is 0 Å². The molecule has 0 unspecified atom stereocenters. The van der Waals surface area contributed by atoms with E-state index in [4.69, 9.17) is 4.74 Å². The van der Waals surface area contributed by atoms with Crippen molar-refractivity contribution in [1.82, 2.24) is 9.03 Å². The molecule has 0 saturated carbocycles. The largest absolute Gasteiger partial charge is 0.492 e. The van der Waals surface area contributed by atoms with Gasteiger partial charge in [-0.3, -0.25) is 0 Å². The Kier molecular flexibility index (Phi) is 5.82. The fourth-order valence-corrected chi connectivity index (χ4v) is 3.49. The maximum Gasteiger partial charge on any atom is 0.279 e. The third-order valence-corrected chi connectivity index (χ3v) is 4.92. The van der Waals surface area contributed by atoms with Crippen molar-refractivity contribution < 1.29 is 13.2 Å². The van der Waals surface area contributed by atoms with Gasteiger partial charge in [0.15, 0.2) is 0 Å². The molecule has 1 aliphatic rings. The summed E-state index contributed by atoms with van der Waals surface area (Å²) in [5.41, 5.74) is 0. The Labute approximate surface area is 121 Å². The van der Waals surface area contributed by atoms with Gasteiger partial charge >= 0.3 is 0 Å². The molecule has 1 saturated heterocycles. The summed E-state index contributed by atoms with van der Waals surface area (Å²) in [7, 11) is -3.36. The lowest BCUT2D eigenvalue weighted by molar-refractivity contribution is 0.319. The van der Waals surface area contributed by atoms with Crippen LogP contribution in [0.2, 0.25) is 0 Å². The summed E-state index contributed by atoms with van der Waals surface area (Å²) in [6, 6.07) is 9.38. The number of hydrogen-bond donors (Lipinski definition) is 1. The van der Waals surface area contributed by atoms with Crippen LogP contribution in [0.5, 0.6) is 5.75 Å². The Hall–Kier alpha value is -1.11. The van der Waals surface area contributed by atoms with Crippen LogP contribution in [-0.2, 0) is 10.2 Å². The molecule has 1 aliphatic heterocycles. The monoisotopic (exact) mass is 298 g/mol. The van der Waals surface area contributed by atoms with Crippen LogP contribution in [0, 0.1) is 0 Å². The van der Waals surface area contributed by atoms with Gasteiger partial charge in [-0.25, -0.2) is 0 Å². The van der Waals surface area contributed by atoms with Crippen molar-refractivity contribution in [3.63, 3.8) is 0 Å².